The van der Waals surface area contributed by atoms with E-state index in [2.05, 4.69) is 25.9 Å². The minimum absolute atomic E-state index is 0.127. The van der Waals surface area contributed by atoms with Crippen molar-refractivity contribution in [2.75, 3.05) is 0 Å². The first kappa shape index (κ1) is 11.2. The molecule has 0 bridgehead atoms. The minimum Gasteiger partial charge on any atom is -0.404 e. The molecule has 0 fully saturated rings. The lowest BCUT2D eigenvalue weighted by Gasteiger charge is -2.07. The molecule has 2 heterocycles. The zero-order valence-electron chi connectivity index (χ0n) is 8.95. The molecule has 17 heavy (non-hydrogen) atoms. The second-order valence-corrected chi connectivity index (χ2v) is 3.37. The third-order valence-electron chi connectivity index (χ3n) is 2.16. The summed E-state index contributed by atoms with van der Waals surface area (Å²) in [7, 11) is 0. The van der Waals surface area contributed by atoms with Crippen LogP contribution in [0.4, 0.5) is 5.88 Å². The summed E-state index contributed by atoms with van der Waals surface area (Å²) in [5, 5.41) is 26.9. The first-order valence-electron chi connectivity index (χ1n) is 4.86. The second kappa shape index (κ2) is 4.70. The van der Waals surface area contributed by atoms with Gasteiger partial charge in [-0.15, -0.1) is 10.2 Å². The van der Waals surface area contributed by atoms with Crippen molar-refractivity contribution in [2.45, 2.75) is 19.5 Å². The molecular weight excluding hydrogens is 228 g/mol. The second-order valence-electron chi connectivity index (χ2n) is 3.37. The molecule has 2 N–H and O–H groups in total. The van der Waals surface area contributed by atoms with Gasteiger partial charge in [0.15, 0.2) is 5.82 Å². The van der Waals surface area contributed by atoms with Gasteiger partial charge in [0.1, 0.15) is 10.7 Å². The average molecular weight is 238 g/mol. The lowest BCUT2D eigenvalue weighted by molar-refractivity contribution is -0.402. The Morgan fingerprint density at radius 3 is 3.06 bits per heavy atom. The van der Waals surface area contributed by atoms with Crippen LogP contribution in [0.2, 0.25) is 0 Å². The van der Waals surface area contributed by atoms with Gasteiger partial charge in [-0.3, -0.25) is 10.1 Å². The van der Waals surface area contributed by atoms with E-state index in [1.54, 1.807) is 6.07 Å². The van der Waals surface area contributed by atoms with E-state index < -0.39 is 4.92 Å². The van der Waals surface area contributed by atoms with Crippen LogP contribution in [0.15, 0.2) is 16.5 Å². The smallest absolute Gasteiger partial charge is 0.404 e. The molecule has 2 aromatic heterocycles. The van der Waals surface area contributed by atoms with Gasteiger partial charge in [0.25, 0.3) is 0 Å². The zero-order valence-corrected chi connectivity index (χ0v) is 8.95. The molecule has 0 spiro atoms. The lowest BCUT2D eigenvalue weighted by atomic mass is 10.3. The SMILES string of the molecule is CC(NCc1ccc([N+](=O)[O-])o1)c1nn[nH]n1. The topological polar surface area (TPSA) is 123 Å². The minimum atomic E-state index is -0.577. The predicted octanol–water partition coefficient (Wildman–Crippen LogP) is 0.552. The summed E-state index contributed by atoms with van der Waals surface area (Å²) in [6, 6.07) is 2.74. The van der Waals surface area contributed by atoms with Crippen LogP contribution in [0.5, 0.6) is 0 Å². The van der Waals surface area contributed by atoms with E-state index in [9.17, 15) is 10.1 Å². The summed E-state index contributed by atoms with van der Waals surface area (Å²) < 4.78 is 4.99. The van der Waals surface area contributed by atoms with Crippen LogP contribution >= 0.6 is 0 Å². The van der Waals surface area contributed by atoms with Crippen LogP contribution in [-0.2, 0) is 6.54 Å². The van der Waals surface area contributed by atoms with Crippen LogP contribution in [0.1, 0.15) is 24.6 Å². The molecule has 90 valence electrons. The standard InChI is InChI=1S/C8H10N6O3/c1-5(8-10-12-13-11-8)9-4-6-2-3-7(17-6)14(15)16/h2-3,5,9H,4H2,1H3,(H,10,11,12,13). The van der Waals surface area contributed by atoms with Gasteiger partial charge in [0, 0.05) is 0 Å². The highest BCUT2D eigenvalue weighted by atomic mass is 16.6. The van der Waals surface area contributed by atoms with E-state index in [0.29, 0.717) is 18.1 Å². The monoisotopic (exact) mass is 238 g/mol. The number of aromatic nitrogens is 4. The molecule has 0 aliphatic rings. The van der Waals surface area contributed by atoms with E-state index >= 15 is 0 Å². The van der Waals surface area contributed by atoms with Gasteiger partial charge in [-0.05, 0) is 13.0 Å². The highest BCUT2D eigenvalue weighted by Gasteiger charge is 2.14. The van der Waals surface area contributed by atoms with E-state index in [-0.39, 0.29) is 11.9 Å². The average Bonchev–Trinajstić information content (AvgIpc) is 2.97. The van der Waals surface area contributed by atoms with Gasteiger partial charge < -0.3 is 9.73 Å². The number of tetrazole rings is 1. The van der Waals surface area contributed by atoms with Gasteiger partial charge in [-0.1, -0.05) is 5.21 Å². The van der Waals surface area contributed by atoms with E-state index in [4.69, 9.17) is 4.42 Å². The lowest BCUT2D eigenvalue weighted by Crippen LogP contribution is -2.19. The Hall–Kier alpha value is -2.29. The fourth-order valence-corrected chi connectivity index (χ4v) is 1.26. The number of hydrogen-bond acceptors (Lipinski definition) is 7. The van der Waals surface area contributed by atoms with Crippen LogP contribution in [-0.4, -0.2) is 25.5 Å². The van der Waals surface area contributed by atoms with Crippen molar-refractivity contribution in [1.82, 2.24) is 25.9 Å². The number of furan rings is 1. The van der Waals surface area contributed by atoms with Crippen LogP contribution in [0.3, 0.4) is 0 Å². The highest BCUT2D eigenvalue weighted by molar-refractivity contribution is 5.17. The molecule has 0 aliphatic carbocycles. The molecule has 9 heteroatoms. The first-order valence-corrected chi connectivity index (χ1v) is 4.86. The van der Waals surface area contributed by atoms with Crippen molar-refractivity contribution in [3.63, 3.8) is 0 Å². The zero-order chi connectivity index (χ0) is 12.3. The third-order valence-corrected chi connectivity index (χ3v) is 2.16. The maximum absolute atomic E-state index is 10.4. The van der Waals surface area contributed by atoms with Crippen molar-refractivity contribution >= 4 is 5.88 Å². The maximum Gasteiger partial charge on any atom is 0.433 e. The molecule has 9 nitrogen and oxygen atoms in total. The number of nitrogens with one attached hydrogen (secondary N) is 2. The molecular formula is C8H10N6O3. The number of hydrogen-bond donors (Lipinski definition) is 2. The molecule has 2 aromatic rings. The molecule has 0 amide bonds. The van der Waals surface area contributed by atoms with Gasteiger partial charge in [-0.25, -0.2) is 0 Å². The fourth-order valence-electron chi connectivity index (χ4n) is 1.26. The Balaban J connectivity index is 1.91. The fraction of sp³-hybridized carbons (Fsp3) is 0.375. The highest BCUT2D eigenvalue weighted by Crippen LogP contribution is 2.16. The van der Waals surface area contributed by atoms with Crippen molar-refractivity contribution in [3.8, 4) is 0 Å². The summed E-state index contributed by atoms with van der Waals surface area (Å²) in [6.45, 7) is 2.20. The largest absolute Gasteiger partial charge is 0.433 e. The number of aromatic amines is 1. The molecule has 1 unspecified atom stereocenters. The Kier molecular flexibility index (Phi) is 3.10. The predicted molar refractivity (Wildman–Crippen MR) is 54.8 cm³/mol. The van der Waals surface area contributed by atoms with Crippen molar-refractivity contribution in [2.24, 2.45) is 0 Å². The van der Waals surface area contributed by atoms with Crippen LogP contribution in [0, 0.1) is 10.1 Å². The molecule has 1 atom stereocenters. The van der Waals surface area contributed by atoms with Gasteiger partial charge in [0.05, 0.1) is 18.7 Å². The number of rotatable bonds is 5. The van der Waals surface area contributed by atoms with E-state index in [1.165, 1.54) is 6.07 Å². The Morgan fingerprint density at radius 1 is 1.65 bits per heavy atom. The number of nitrogens with zero attached hydrogens (tertiary/aromatic N) is 4. The quantitative estimate of drug-likeness (QED) is 0.575. The van der Waals surface area contributed by atoms with Crippen LogP contribution < -0.4 is 5.32 Å². The van der Waals surface area contributed by atoms with E-state index in [0.717, 1.165) is 0 Å². The summed E-state index contributed by atoms with van der Waals surface area (Å²) in [4.78, 5) is 9.82. The Labute approximate surface area is 95.4 Å². The molecule has 0 saturated carbocycles. The van der Waals surface area contributed by atoms with Crippen molar-refractivity contribution < 1.29 is 9.34 Å². The summed E-state index contributed by atoms with van der Waals surface area (Å²) in [5.74, 6) is 0.729. The number of H-pyrrole nitrogens is 1. The third kappa shape index (κ3) is 2.64. The van der Waals surface area contributed by atoms with Gasteiger partial charge >= 0.3 is 5.88 Å². The van der Waals surface area contributed by atoms with Crippen molar-refractivity contribution in [1.29, 1.82) is 0 Å². The first-order chi connectivity index (χ1) is 8.16. The normalized spacial score (nSPS) is 12.5. The summed E-state index contributed by atoms with van der Waals surface area (Å²) >= 11 is 0. The molecule has 0 saturated heterocycles. The van der Waals surface area contributed by atoms with Gasteiger partial charge in [-0.2, -0.15) is 5.21 Å². The van der Waals surface area contributed by atoms with Crippen LogP contribution in [0.25, 0.3) is 0 Å². The van der Waals surface area contributed by atoms with Crippen molar-refractivity contribution in [3.05, 3.63) is 33.8 Å². The van der Waals surface area contributed by atoms with E-state index in [1.807, 2.05) is 6.92 Å². The Morgan fingerprint density at radius 2 is 2.47 bits per heavy atom. The molecule has 2 rings (SSSR count). The number of nitro groups is 1. The van der Waals surface area contributed by atoms with Gasteiger partial charge in [0.2, 0.25) is 0 Å². The molecule has 0 aliphatic heterocycles. The molecule has 0 radical (unpaired) electrons. The molecule has 0 aromatic carbocycles. The summed E-state index contributed by atoms with van der Waals surface area (Å²) in [6.07, 6.45) is 0. The summed E-state index contributed by atoms with van der Waals surface area (Å²) in [5.41, 5.74) is 0. The Bertz CT molecular complexity index is 493. The maximum atomic E-state index is 10.4.